The van der Waals surface area contributed by atoms with E-state index in [9.17, 15) is 28.8 Å². The van der Waals surface area contributed by atoms with Crippen molar-refractivity contribution < 1.29 is 28.8 Å². The van der Waals surface area contributed by atoms with E-state index < -0.39 is 66.2 Å². The molecule has 4 unspecified atom stereocenters. The summed E-state index contributed by atoms with van der Waals surface area (Å²) in [7, 11) is 0. The first-order valence-corrected chi connectivity index (χ1v) is 21.7. The summed E-state index contributed by atoms with van der Waals surface area (Å²) in [5.41, 5.74) is 22.1. The quantitative estimate of drug-likeness (QED) is 0.0601. The molecule has 3 aromatic heterocycles. The lowest BCUT2D eigenvalue weighted by atomic mass is 10.0. The topological polar surface area (TPSA) is 292 Å². The van der Waals surface area contributed by atoms with Crippen molar-refractivity contribution in [1.29, 1.82) is 0 Å². The first-order chi connectivity index (χ1) is 31.4. The number of hydrogen-bond acceptors (Lipinski definition) is 9. The molecule has 65 heavy (non-hydrogen) atoms. The summed E-state index contributed by atoms with van der Waals surface area (Å²) in [5.74, 6) is -3.57. The van der Waals surface area contributed by atoms with E-state index in [2.05, 4.69) is 73.2 Å². The Balaban J connectivity index is 0.000000445. The van der Waals surface area contributed by atoms with E-state index in [4.69, 9.17) is 17.2 Å². The Morgan fingerprint density at radius 3 is 2.12 bits per heavy atom. The summed E-state index contributed by atoms with van der Waals surface area (Å²) >= 11 is 0. The summed E-state index contributed by atoms with van der Waals surface area (Å²) < 4.78 is 0. The van der Waals surface area contributed by atoms with E-state index in [1.807, 2.05) is 42.6 Å². The number of fused-ring (bicyclic) bond motifs is 2. The molecule has 4 heterocycles. The number of primary amides is 1. The van der Waals surface area contributed by atoms with Gasteiger partial charge in [-0.05, 0) is 55.1 Å². The van der Waals surface area contributed by atoms with Crippen LogP contribution in [0.5, 0.6) is 0 Å². The second-order valence-electron chi connectivity index (χ2n) is 15.8. The third-order valence-electron chi connectivity index (χ3n) is 10.7. The van der Waals surface area contributed by atoms with Crippen LogP contribution in [0.3, 0.4) is 0 Å². The molecule has 344 valence electrons. The lowest BCUT2D eigenvalue weighted by molar-refractivity contribution is -0.137. The smallest absolute Gasteiger partial charge is 0.245 e. The molecule has 0 aliphatic carbocycles. The van der Waals surface area contributed by atoms with Gasteiger partial charge in [-0.2, -0.15) is 0 Å². The third-order valence-corrected chi connectivity index (χ3v) is 10.7. The lowest BCUT2D eigenvalue weighted by Gasteiger charge is -2.23. The van der Waals surface area contributed by atoms with Crippen LogP contribution in [0.2, 0.25) is 0 Å². The number of carbonyl (C=O) groups excluding carboxylic acids is 6. The van der Waals surface area contributed by atoms with Crippen LogP contribution in [0.1, 0.15) is 48.6 Å². The normalized spacial score (nSPS) is 14.6. The molecule has 1 saturated heterocycles. The number of benzene rings is 3. The van der Waals surface area contributed by atoms with Gasteiger partial charge < -0.3 is 58.3 Å². The Morgan fingerprint density at radius 1 is 0.815 bits per heavy atom. The second kappa shape index (κ2) is 24.5. The van der Waals surface area contributed by atoms with Gasteiger partial charge in [0.05, 0.1) is 25.5 Å². The highest BCUT2D eigenvalue weighted by atomic mass is 16.2. The number of unbranched alkanes of at least 4 members (excludes halogenated alkanes) is 1. The molecule has 0 saturated carbocycles. The van der Waals surface area contributed by atoms with Crippen molar-refractivity contribution in [2.45, 2.75) is 76.5 Å². The first-order valence-electron chi connectivity index (χ1n) is 21.7. The summed E-state index contributed by atoms with van der Waals surface area (Å²) in [6.45, 7) is 4.49. The fourth-order valence-electron chi connectivity index (χ4n) is 7.23. The van der Waals surface area contributed by atoms with Crippen molar-refractivity contribution in [3.8, 4) is 0 Å². The Kier molecular flexibility index (Phi) is 18.4. The predicted molar refractivity (Wildman–Crippen MR) is 249 cm³/mol. The van der Waals surface area contributed by atoms with Crippen LogP contribution >= 0.6 is 0 Å². The minimum atomic E-state index is -1.07. The van der Waals surface area contributed by atoms with Gasteiger partial charge in [0.1, 0.15) is 18.1 Å². The third kappa shape index (κ3) is 14.6. The van der Waals surface area contributed by atoms with Crippen LogP contribution in [0.25, 0.3) is 21.8 Å². The van der Waals surface area contributed by atoms with Crippen LogP contribution in [0.4, 0.5) is 0 Å². The SMILES string of the molecule is CCCCN.Cc1c[nH]c2ccccc12.NC(=O)CNC(=O)C(Cc1ccccc1)NC(=O)CN1CCC(NC(=O)C(Cc2c[nH]c3ccccc23)NC(=O)C(N)Cc2cnc[nH]2)C1=O. The highest BCUT2D eigenvalue weighted by Crippen LogP contribution is 2.20. The van der Waals surface area contributed by atoms with E-state index in [0.29, 0.717) is 5.69 Å². The molecule has 18 nitrogen and oxygen atoms in total. The van der Waals surface area contributed by atoms with Gasteiger partial charge in [-0.1, -0.05) is 80.1 Å². The van der Waals surface area contributed by atoms with Crippen LogP contribution in [-0.2, 0) is 48.0 Å². The summed E-state index contributed by atoms with van der Waals surface area (Å²) in [6, 6.07) is 20.8. The van der Waals surface area contributed by atoms with Gasteiger partial charge in [0, 0.05) is 71.9 Å². The molecular weight excluding hydrogens is 829 g/mol. The Bertz CT molecular complexity index is 2480. The van der Waals surface area contributed by atoms with Crippen molar-refractivity contribution in [3.05, 3.63) is 126 Å². The van der Waals surface area contributed by atoms with E-state index in [1.165, 1.54) is 40.5 Å². The Hall–Kier alpha value is -7.31. The van der Waals surface area contributed by atoms with Crippen LogP contribution < -0.4 is 38.5 Å². The zero-order valence-corrected chi connectivity index (χ0v) is 36.8. The number of hydrogen-bond donors (Lipinski definition) is 10. The van der Waals surface area contributed by atoms with Crippen molar-refractivity contribution in [2.24, 2.45) is 17.2 Å². The molecule has 1 aliphatic rings. The van der Waals surface area contributed by atoms with E-state index >= 15 is 0 Å². The number of nitrogens with two attached hydrogens (primary N) is 3. The number of aryl methyl sites for hydroxylation is 1. The van der Waals surface area contributed by atoms with Gasteiger partial charge in [0.15, 0.2) is 0 Å². The number of rotatable bonds is 18. The van der Waals surface area contributed by atoms with Crippen molar-refractivity contribution in [2.75, 3.05) is 26.2 Å². The number of likely N-dealkylation sites (tertiary alicyclic amines) is 1. The summed E-state index contributed by atoms with van der Waals surface area (Å²) in [6.07, 6.45) is 9.87. The van der Waals surface area contributed by atoms with Crippen LogP contribution in [0.15, 0.2) is 104 Å². The van der Waals surface area contributed by atoms with E-state index in [0.717, 1.165) is 28.6 Å². The molecule has 6 amide bonds. The standard InChI is InChI=1S/C34H40N10O6.C9H9N.C4H11N/c35-24(14-22-16-37-19-40-22)31(47)43-28(13-21-15-38-25-9-5-4-8-23(21)25)33(49)42-26-10-11-44(34(26)50)18-30(46)41-27(32(48)39-17-29(36)45)12-20-6-2-1-3-7-20;1-7-6-10-9-5-3-2-4-8(7)9;1-2-3-4-5/h1-9,15-16,19,24,26-28,38H,10-14,17-18,35H2,(H2,36,45)(H,37,40)(H,39,48)(H,41,46)(H,42,49)(H,43,47);2-6,10H,1H3;2-5H2,1H3. The van der Waals surface area contributed by atoms with Gasteiger partial charge in [-0.15, -0.1) is 0 Å². The molecule has 0 spiro atoms. The summed E-state index contributed by atoms with van der Waals surface area (Å²) in [5, 5.41) is 12.8. The minimum Gasteiger partial charge on any atom is -0.368 e. The number of H-pyrrole nitrogens is 3. The zero-order chi connectivity index (χ0) is 46.7. The van der Waals surface area contributed by atoms with E-state index in [-0.39, 0.29) is 38.8 Å². The number of para-hydroxylation sites is 2. The van der Waals surface area contributed by atoms with Crippen molar-refractivity contribution in [3.63, 3.8) is 0 Å². The zero-order valence-electron chi connectivity index (χ0n) is 36.8. The number of amides is 6. The molecule has 7 rings (SSSR count). The van der Waals surface area contributed by atoms with Crippen molar-refractivity contribution in [1.82, 2.24) is 46.1 Å². The maximum atomic E-state index is 13.7. The largest absolute Gasteiger partial charge is 0.368 e. The van der Waals surface area contributed by atoms with Gasteiger partial charge in [-0.25, -0.2) is 4.98 Å². The molecular formula is C47H60N12O6. The number of nitrogens with zero attached hydrogens (tertiary/aromatic N) is 2. The van der Waals surface area contributed by atoms with Gasteiger partial charge >= 0.3 is 0 Å². The number of carbonyl (C=O) groups is 6. The fourth-order valence-corrected chi connectivity index (χ4v) is 7.23. The highest BCUT2D eigenvalue weighted by Gasteiger charge is 2.36. The maximum Gasteiger partial charge on any atom is 0.245 e. The maximum absolute atomic E-state index is 13.7. The monoisotopic (exact) mass is 888 g/mol. The highest BCUT2D eigenvalue weighted by molar-refractivity contribution is 5.96. The predicted octanol–water partition coefficient (Wildman–Crippen LogP) is 1.76. The average Bonchev–Trinajstić information content (AvgIpc) is 4.12. The Morgan fingerprint density at radius 2 is 1.48 bits per heavy atom. The van der Waals surface area contributed by atoms with Gasteiger partial charge in [-0.3, -0.25) is 28.8 Å². The minimum absolute atomic E-state index is 0.117. The molecule has 0 radical (unpaired) electrons. The first kappa shape index (κ1) is 48.7. The molecule has 6 aromatic rings. The molecule has 3 aromatic carbocycles. The van der Waals surface area contributed by atoms with Gasteiger partial charge in [0.25, 0.3) is 0 Å². The van der Waals surface area contributed by atoms with Crippen LogP contribution in [0, 0.1) is 6.92 Å². The molecule has 1 aliphatic heterocycles. The number of nitrogens with one attached hydrogen (secondary N) is 7. The van der Waals surface area contributed by atoms with E-state index in [1.54, 1.807) is 36.7 Å². The second-order valence-corrected chi connectivity index (χ2v) is 15.8. The number of aromatic amines is 3. The Labute approximate surface area is 377 Å². The molecule has 13 N–H and O–H groups in total. The van der Waals surface area contributed by atoms with Gasteiger partial charge in [0.2, 0.25) is 35.4 Å². The molecule has 4 atom stereocenters. The average molecular weight is 889 g/mol. The number of aromatic nitrogens is 4. The molecule has 18 heteroatoms. The lowest BCUT2D eigenvalue weighted by Crippen LogP contribution is -2.55. The summed E-state index contributed by atoms with van der Waals surface area (Å²) in [4.78, 5) is 91.8. The molecule has 0 bridgehead atoms. The number of imidazole rings is 1. The fraction of sp³-hybridized carbons (Fsp3) is 0.340. The molecule has 1 fully saturated rings. The van der Waals surface area contributed by atoms with Crippen molar-refractivity contribution >= 4 is 57.2 Å². The van der Waals surface area contributed by atoms with Crippen LogP contribution in [-0.4, -0.2) is 111 Å².